The summed E-state index contributed by atoms with van der Waals surface area (Å²) < 4.78 is 5.47. The molecule has 12 nitrogen and oxygen atoms in total. The molecule has 2 fully saturated rings. The van der Waals surface area contributed by atoms with Gasteiger partial charge >= 0.3 is 12.1 Å². The van der Waals surface area contributed by atoms with Crippen LogP contribution >= 0.6 is 0 Å². The molecule has 3 aliphatic rings. The van der Waals surface area contributed by atoms with Crippen LogP contribution in [-0.4, -0.2) is 78.6 Å². The van der Waals surface area contributed by atoms with E-state index in [1.165, 1.54) is 4.90 Å². The molecule has 1 saturated heterocycles. The van der Waals surface area contributed by atoms with Crippen LogP contribution in [0.15, 0.2) is 30.9 Å². The standard InChI is InChI=1S/C34H46N6O6/c1-7-13-22-16-26-28(21(3)20(22)2)38-40(37-26)24-17-27-29(41)36-34(31(43)44)18-23(34)14-11-9-8-10-12-15-25(30(42)39(27)19-24)35-32(45)46-33(4,5)6/h7,11,14,16,23-25,27H,1,8-10,12-13,15,17-19H2,2-6H3,(H,35,45)(H,36,41)(H,43,44)/b14-11-/t23-,24-,25+,27-,34-/m0/s1. The molecule has 5 rings (SSSR count). The lowest BCUT2D eigenvalue weighted by Gasteiger charge is -2.30. The molecular weight excluding hydrogens is 588 g/mol. The SMILES string of the molecule is C=CCc1cc2nn([C@H]3C[C@H]4C(=O)N[C@@]5(C(=O)O)C[C@@H]5/C=C\CCCCC[C@@H](NC(=O)OC(C)(C)C)C(=O)N4C3)nc2c(C)c1C. The first kappa shape index (κ1) is 33.2. The number of amides is 3. The zero-order valence-electron chi connectivity index (χ0n) is 27.5. The third-order valence-corrected chi connectivity index (χ3v) is 9.38. The number of carbonyl (C=O) groups is 4. The number of rotatable bonds is 5. The number of hydrogen-bond donors (Lipinski definition) is 3. The van der Waals surface area contributed by atoms with Crippen molar-refractivity contribution in [1.29, 1.82) is 0 Å². The summed E-state index contributed by atoms with van der Waals surface area (Å²) in [6, 6.07) is -0.373. The highest BCUT2D eigenvalue weighted by molar-refractivity contribution is 5.96. The quantitative estimate of drug-likeness (QED) is 0.412. The Hall–Kier alpha value is -4.22. The first-order chi connectivity index (χ1) is 21.7. The molecule has 1 aromatic carbocycles. The van der Waals surface area contributed by atoms with Crippen molar-refractivity contribution in [2.24, 2.45) is 5.92 Å². The number of ether oxygens (including phenoxy) is 1. The number of alkyl carbamates (subject to hydrolysis) is 1. The molecule has 0 spiro atoms. The van der Waals surface area contributed by atoms with Gasteiger partial charge in [-0.3, -0.25) is 9.59 Å². The highest BCUT2D eigenvalue weighted by Crippen LogP contribution is 2.45. The summed E-state index contributed by atoms with van der Waals surface area (Å²) in [5.41, 5.74) is 2.49. The largest absolute Gasteiger partial charge is 0.479 e. The van der Waals surface area contributed by atoms with Crippen LogP contribution < -0.4 is 10.6 Å². The third-order valence-electron chi connectivity index (χ3n) is 9.38. The zero-order valence-corrected chi connectivity index (χ0v) is 27.5. The van der Waals surface area contributed by atoms with E-state index in [9.17, 15) is 24.3 Å². The van der Waals surface area contributed by atoms with Gasteiger partial charge in [-0.15, -0.1) is 6.58 Å². The zero-order chi connectivity index (χ0) is 33.4. The Labute approximate surface area is 269 Å². The molecule has 1 aromatic heterocycles. The second-order valence-electron chi connectivity index (χ2n) is 13.9. The summed E-state index contributed by atoms with van der Waals surface area (Å²) >= 11 is 0. The van der Waals surface area contributed by atoms with Crippen LogP contribution in [-0.2, 0) is 25.5 Å². The monoisotopic (exact) mass is 634 g/mol. The second-order valence-corrected chi connectivity index (χ2v) is 13.9. The molecule has 46 heavy (non-hydrogen) atoms. The molecule has 2 aromatic rings. The van der Waals surface area contributed by atoms with Crippen molar-refractivity contribution in [3.63, 3.8) is 0 Å². The number of aryl methyl sites for hydroxylation is 1. The average Bonchev–Trinajstić information content (AvgIpc) is 3.28. The van der Waals surface area contributed by atoms with Crippen LogP contribution in [0.2, 0.25) is 0 Å². The predicted octanol–water partition coefficient (Wildman–Crippen LogP) is 4.29. The molecule has 1 saturated carbocycles. The Morgan fingerprint density at radius 3 is 2.65 bits per heavy atom. The maximum Gasteiger partial charge on any atom is 0.408 e. The van der Waals surface area contributed by atoms with E-state index in [1.807, 2.05) is 38.1 Å². The number of benzene rings is 1. The van der Waals surface area contributed by atoms with Gasteiger partial charge in [0.2, 0.25) is 11.8 Å². The van der Waals surface area contributed by atoms with Gasteiger partial charge in [-0.05, 0) is 89.5 Å². The van der Waals surface area contributed by atoms with Crippen molar-refractivity contribution >= 4 is 34.9 Å². The van der Waals surface area contributed by atoms with Gasteiger partial charge in [0.25, 0.3) is 0 Å². The lowest BCUT2D eigenvalue weighted by molar-refractivity contribution is -0.145. The summed E-state index contributed by atoms with van der Waals surface area (Å²) in [6.45, 7) is 13.3. The van der Waals surface area contributed by atoms with Crippen molar-refractivity contribution in [3.8, 4) is 0 Å². The first-order valence-electron chi connectivity index (χ1n) is 16.2. The van der Waals surface area contributed by atoms with Crippen LogP contribution in [0.4, 0.5) is 4.79 Å². The minimum Gasteiger partial charge on any atom is -0.479 e. The van der Waals surface area contributed by atoms with Crippen LogP contribution in [0, 0.1) is 19.8 Å². The molecule has 0 unspecified atom stereocenters. The van der Waals surface area contributed by atoms with E-state index in [0.29, 0.717) is 24.8 Å². The van der Waals surface area contributed by atoms with Crippen LogP contribution in [0.3, 0.4) is 0 Å². The van der Waals surface area contributed by atoms with Gasteiger partial charge in [0.05, 0.1) is 6.04 Å². The molecule has 12 heteroatoms. The highest BCUT2D eigenvalue weighted by Gasteiger charge is 2.61. The number of nitrogens with one attached hydrogen (secondary N) is 2. The van der Waals surface area contributed by atoms with Crippen molar-refractivity contribution in [2.45, 2.75) is 115 Å². The van der Waals surface area contributed by atoms with Gasteiger partial charge in [-0.2, -0.15) is 15.0 Å². The molecule has 248 valence electrons. The number of hydrogen-bond acceptors (Lipinski definition) is 7. The van der Waals surface area contributed by atoms with Gasteiger partial charge in [-0.25, -0.2) is 9.59 Å². The summed E-state index contributed by atoms with van der Waals surface area (Å²) in [6.07, 6.45) is 9.62. The molecule has 3 amide bonds. The van der Waals surface area contributed by atoms with Crippen LogP contribution in [0.25, 0.3) is 11.0 Å². The third kappa shape index (κ3) is 6.80. The Bertz CT molecular complexity index is 1570. The summed E-state index contributed by atoms with van der Waals surface area (Å²) in [4.78, 5) is 56.5. The second kappa shape index (κ2) is 12.9. The van der Waals surface area contributed by atoms with Gasteiger partial charge < -0.3 is 25.4 Å². The van der Waals surface area contributed by atoms with Gasteiger partial charge in [-0.1, -0.05) is 31.1 Å². The van der Waals surface area contributed by atoms with E-state index in [1.54, 1.807) is 25.6 Å². The average molecular weight is 635 g/mol. The van der Waals surface area contributed by atoms with E-state index in [0.717, 1.165) is 41.5 Å². The molecule has 5 atom stereocenters. The highest BCUT2D eigenvalue weighted by atomic mass is 16.6. The van der Waals surface area contributed by atoms with Crippen LogP contribution in [0.5, 0.6) is 0 Å². The smallest absolute Gasteiger partial charge is 0.408 e. The summed E-state index contributed by atoms with van der Waals surface area (Å²) in [5.74, 6) is -2.39. The van der Waals surface area contributed by atoms with Crippen molar-refractivity contribution in [1.82, 2.24) is 30.5 Å². The van der Waals surface area contributed by atoms with Gasteiger partial charge in [0, 0.05) is 18.9 Å². The maximum absolute atomic E-state index is 14.3. The molecule has 3 heterocycles. The number of aliphatic carboxylic acids is 1. The van der Waals surface area contributed by atoms with E-state index in [4.69, 9.17) is 14.9 Å². The fourth-order valence-electron chi connectivity index (χ4n) is 6.62. The van der Waals surface area contributed by atoms with Gasteiger partial charge in [0.1, 0.15) is 34.3 Å². The Balaban J connectivity index is 1.49. The lowest BCUT2D eigenvalue weighted by atomic mass is 9.99. The summed E-state index contributed by atoms with van der Waals surface area (Å²) in [5, 5.41) is 25.3. The Morgan fingerprint density at radius 1 is 1.20 bits per heavy atom. The van der Waals surface area contributed by atoms with Gasteiger partial charge in [0.15, 0.2) is 0 Å². The number of carbonyl (C=O) groups excluding carboxylic acids is 3. The minimum atomic E-state index is -1.41. The molecule has 3 N–H and O–H groups in total. The fraction of sp³-hybridized carbons (Fsp3) is 0.588. The molecular formula is C34H46N6O6. The van der Waals surface area contributed by atoms with Crippen molar-refractivity contribution in [2.75, 3.05) is 6.54 Å². The number of carboxylic acid groups (broad SMARTS) is 1. The Morgan fingerprint density at radius 2 is 1.96 bits per heavy atom. The fourth-order valence-corrected chi connectivity index (χ4v) is 6.62. The predicted molar refractivity (Wildman–Crippen MR) is 172 cm³/mol. The molecule has 0 radical (unpaired) electrons. The summed E-state index contributed by atoms with van der Waals surface area (Å²) in [7, 11) is 0. The number of aromatic nitrogens is 3. The normalized spacial score (nSPS) is 27.9. The lowest BCUT2D eigenvalue weighted by Crippen LogP contribution is -2.56. The van der Waals surface area contributed by atoms with E-state index in [-0.39, 0.29) is 25.3 Å². The number of allylic oxidation sites excluding steroid dienone is 2. The van der Waals surface area contributed by atoms with Crippen molar-refractivity contribution < 1.29 is 29.0 Å². The molecule has 0 bridgehead atoms. The maximum atomic E-state index is 14.3. The topological polar surface area (TPSA) is 156 Å². The molecule has 2 aliphatic heterocycles. The Kier molecular flexibility index (Phi) is 9.28. The van der Waals surface area contributed by atoms with E-state index >= 15 is 0 Å². The first-order valence-corrected chi connectivity index (χ1v) is 16.2. The van der Waals surface area contributed by atoms with Crippen LogP contribution in [0.1, 0.15) is 88.4 Å². The van der Waals surface area contributed by atoms with E-state index < -0.39 is 53.1 Å². The number of fused-ring (bicyclic) bond motifs is 3. The number of carboxylic acids is 1. The van der Waals surface area contributed by atoms with E-state index in [2.05, 4.69) is 17.2 Å². The minimum absolute atomic E-state index is 0.116. The molecule has 1 aliphatic carbocycles. The number of nitrogens with zero attached hydrogens (tertiary/aromatic N) is 4. The van der Waals surface area contributed by atoms with Crippen molar-refractivity contribution in [3.05, 3.63) is 47.6 Å².